The summed E-state index contributed by atoms with van der Waals surface area (Å²) in [6.45, 7) is 3.42. The molecule has 1 aromatic carbocycles. The van der Waals surface area contributed by atoms with Gasteiger partial charge in [-0.2, -0.15) is 0 Å². The zero-order chi connectivity index (χ0) is 14.4. The first-order valence-electron chi connectivity index (χ1n) is 7.66. The zero-order valence-electron chi connectivity index (χ0n) is 12.3. The van der Waals surface area contributed by atoms with Gasteiger partial charge in [-0.25, -0.2) is 4.98 Å². The van der Waals surface area contributed by atoms with E-state index >= 15 is 0 Å². The third-order valence-electron chi connectivity index (χ3n) is 4.79. The van der Waals surface area contributed by atoms with Crippen molar-refractivity contribution in [2.75, 3.05) is 13.2 Å². The van der Waals surface area contributed by atoms with E-state index in [1.165, 1.54) is 0 Å². The van der Waals surface area contributed by atoms with Gasteiger partial charge in [-0.15, -0.1) is 0 Å². The number of hydrogen-bond donors (Lipinski definition) is 1. The monoisotopic (exact) mass is 287 g/mol. The molecule has 2 heterocycles. The number of benzene rings is 1. The van der Waals surface area contributed by atoms with Crippen LogP contribution in [0.5, 0.6) is 0 Å². The Balaban J connectivity index is 1.77. The molecule has 0 radical (unpaired) electrons. The van der Waals surface area contributed by atoms with Crippen LogP contribution in [0.25, 0.3) is 11.0 Å². The molecule has 0 bridgehead atoms. The van der Waals surface area contributed by atoms with Crippen molar-refractivity contribution in [1.82, 2.24) is 9.55 Å². The molecule has 1 aliphatic heterocycles. The zero-order valence-corrected chi connectivity index (χ0v) is 12.3. The molecule has 2 fully saturated rings. The van der Waals surface area contributed by atoms with Gasteiger partial charge in [0, 0.05) is 18.9 Å². The fourth-order valence-electron chi connectivity index (χ4n) is 3.78. The maximum absolute atomic E-state index is 6.42. The van der Waals surface area contributed by atoms with Crippen molar-refractivity contribution in [3.05, 3.63) is 30.1 Å². The van der Waals surface area contributed by atoms with Crippen LogP contribution >= 0.6 is 0 Å². The Bertz CT molecular complexity index is 661. The molecule has 2 unspecified atom stereocenters. The Labute approximate surface area is 124 Å². The molecular formula is C16H21N3O2. The van der Waals surface area contributed by atoms with Crippen LogP contribution < -0.4 is 5.73 Å². The van der Waals surface area contributed by atoms with E-state index < -0.39 is 5.79 Å². The second-order valence-corrected chi connectivity index (χ2v) is 6.10. The minimum Gasteiger partial charge on any atom is -0.347 e. The van der Waals surface area contributed by atoms with E-state index in [4.69, 9.17) is 15.2 Å². The summed E-state index contributed by atoms with van der Waals surface area (Å²) in [5.74, 6) is 0.574. The molecule has 112 valence electrons. The van der Waals surface area contributed by atoms with E-state index in [1.807, 2.05) is 25.1 Å². The minimum absolute atomic E-state index is 0.111. The number of rotatable bonds is 1. The van der Waals surface area contributed by atoms with E-state index in [0.29, 0.717) is 13.2 Å². The number of aryl methyl sites for hydroxylation is 1. The molecule has 1 aliphatic carbocycles. The average Bonchev–Trinajstić information content (AvgIpc) is 3.06. The number of imidazole rings is 1. The Morgan fingerprint density at radius 1 is 1.29 bits per heavy atom. The molecule has 2 atom stereocenters. The predicted octanol–water partition coefficient (Wildman–Crippen LogP) is 2.14. The van der Waals surface area contributed by atoms with Crippen LogP contribution in [0, 0.1) is 6.92 Å². The van der Waals surface area contributed by atoms with Crippen molar-refractivity contribution in [2.24, 2.45) is 5.73 Å². The fraction of sp³-hybridized carbons (Fsp3) is 0.562. The number of aromatic nitrogens is 2. The van der Waals surface area contributed by atoms with Gasteiger partial charge < -0.3 is 19.8 Å². The third kappa shape index (κ3) is 2.08. The van der Waals surface area contributed by atoms with Gasteiger partial charge in [-0.3, -0.25) is 0 Å². The summed E-state index contributed by atoms with van der Waals surface area (Å²) in [6.07, 6.45) is 2.60. The van der Waals surface area contributed by atoms with Gasteiger partial charge >= 0.3 is 0 Å². The molecule has 2 aromatic rings. The summed E-state index contributed by atoms with van der Waals surface area (Å²) < 4.78 is 14.1. The molecule has 4 rings (SSSR count). The summed E-state index contributed by atoms with van der Waals surface area (Å²) in [7, 11) is 0. The van der Waals surface area contributed by atoms with Crippen molar-refractivity contribution >= 4 is 11.0 Å². The van der Waals surface area contributed by atoms with Gasteiger partial charge in [0.2, 0.25) is 0 Å². The number of nitrogens with two attached hydrogens (primary N) is 1. The Hall–Kier alpha value is -1.43. The van der Waals surface area contributed by atoms with E-state index in [9.17, 15) is 0 Å². The summed E-state index contributed by atoms with van der Waals surface area (Å²) in [4.78, 5) is 4.66. The van der Waals surface area contributed by atoms with Crippen LogP contribution in [0.2, 0.25) is 0 Å². The minimum atomic E-state index is -0.432. The summed E-state index contributed by atoms with van der Waals surface area (Å²) in [5, 5.41) is 0. The lowest BCUT2D eigenvalue weighted by atomic mass is 9.85. The highest BCUT2D eigenvalue weighted by Crippen LogP contribution is 2.41. The molecule has 5 heteroatoms. The van der Waals surface area contributed by atoms with Gasteiger partial charge in [0.1, 0.15) is 5.82 Å². The summed E-state index contributed by atoms with van der Waals surface area (Å²) in [5.41, 5.74) is 8.59. The molecule has 2 N–H and O–H groups in total. The maximum Gasteiger partial charge on any atom is 0.170 e. The fourth-order valence-corrected chi connectivity index (χ4v) is 3.78. The Morgan fingerprint density at radius 2 is 2.05 bits per heavy atom. The largest absolute Gasteiger partial charge is 0.347 e. The van der Waals surface area contributed by atoms with Crippen LogP contribution in [0.3, 0.4) is 0 Å². The molecule has 1 aromatic heterocycles. The van der Waals surface area contributed by atoms with Gasteiger partial charge in [0.05, 0.1) is 30.3 Å². The number of hydrogen-bond acceptors (Lipinski definition) is 4. The molecule has 0 amide bonds. The van der Waals surface area contributed by atoms with Crippen LogP contribution in [0.1, 0.15) is 31.1 Å². The SMILES string of the molecule is Cc1nc2ccccc2n1C1CC2(CCC1N)OCCO2. The Morgan fingerprint density at radius 3 is 2.86 bits per heavy atom. The van der Waals surface area contributed by atoms with Crippen molar-refractivity contribution in [2.45, 2.75) is 44.1 Å². The lowest BCUT2D eigenvalue weighted by molar-refractivity contribution is -0.187. The lowest BCUT2D eigenvalue weighted by Gasteiger charge is -2.40. The van der Waals surface area contributed by atoms with Crippen LogP contribution in [0.15, 0.2) is 24.3 Å². The highest BCUT2D eigenvalue weighted by atomic mass is 16.7. The standard InChI is InChI=1S/C16H21N3O2/c1-11-18-13-4-2-3-5-14(13)19(11)15-10-16(7-6-12(15)17)20-8-9-21-16/h2-5,12,15H,6-10,17H2,1H3. The topological polar surface area (TPSA) is 62.3 Å². The van der Waals surface area contributed by atoms with E-state index in [2.05, 4.69) is 15.6 Å². The molecule has 1 spiro atoms. The lowest BCUT2D eigenvalue weighted by Crippen LogP contribution is -2.46. The number of ether oxygens (including phenoxy) is 2. The molecule has 5 nitrogen and oxygen atoms in total. The molecule has 21 heavy (non-hydrogen) atoms. The second kappa shape index (κ2) is 4.80. The van der Waals surface area contributed by atoms with Gasteiger partial charge in [0.25, 0.3) is 0 Å². The van der Waals surface area contributed by atoms with Crippen molar-refractivity contribution in [3.63, 3.8) is 0 Å². The third-order valence-corrected chi connectivity index (χ3v) is 4.79. The van der Waals surface area contributed by atoms with Crippen molar-refractivity contribution in [1.29, 1.82) is 0 Å². The van der Waals surface area contributed by atoms with Crippen molar-refractivity contribution < 1.29 is 9.47 Å². The first-order chi connectivity index (χ1) is 10.2. The van der Waals surface area contributed by atoms with Crippen LogP contribution in [-0.4, -0.2) is 34.6 Å². The quantitative estimate of drug-likeness (QED) is 0.873. The average molecular weight is 287 g/mol. The van der Waals surface area contributed by atoms with E-state index in [-0.39, 0.29) is 12.1 Å². The van der Waals surface area contributed by atoms with Crippen LogP contribution in [-0.2, 0) is 9.47 Å². The van der Waals surface area contributed by atoms with Gasteiger partial charge in [0.15, 0.2) is 5.79 Å². The smallest absolute Gasteiger partial charge is 0.170 e. The highest BCUT2D eigenvalue weighted by molar-refractivity contribution is 5.76. The molecule has 1 saturated heterocycles. The van der Waals surface area contributed by atoms with Crippen LogP contribution in [0.4, 0.5) is 0 Å². The summed E-state index contributed by atoms with van der Waals surface area (Å²) >= 11 is 0. The van der Waals surface area contributed by atoms with E-state index in [0.717, 1.165) is 36.1 Å². The van der Waals surface area contributed by atoms with Gasteiger partial charge in [-0.1, -0.05) is 12.1 Å². The van der Waals surface area contributed by atoms with Gasteiger partial charge in [-0.05, 0) is 25.5 Å². The first kappa shape index (κ1) is 13.2. The normalized spacial score (nSPS) is 28.5. The number of para-hydroxylation sites is 2. The number of fused-ring (bicyclic) bond motifs is 1. The maximum atomic E-state index is 6.42. The van der Waals surface area contributed by atoms with Crippen molar-refractivity contribution in [3.8, 4) is 0 Å². The molecular weight excluding hydrogens is 266 g/mol. The van der Waals surface area contributed by atoms with E-state index in [1.54, 1.807) is 0 Å². The number of nitrogens with zero attached hydrogens (tertiary/aromatic N) is 2. The molecule has 1 saturated carbocycles. The first-order valence-corrected chi connectivity index (χ1v) is 7.66. The Kier molecular flexibility index (Phi) is 3.03. The summed E-state index contributed by atoms with van der Waals surface area (Å²) in [6, 6.07) is 8.51. The second-order valence-electron chi connectivity index (χ2n) is 6.10. The predicted molar refractivity (Wildman–Crippen MR) is 80.0 cm³/mol. The highest BCUT2D eigenvalue weighted by Gasteiger charge is 2.45. The molecule has 2 aliphatic rings.